The summed E-state index contributed by atoms with van der Waals surface area (Å²) in [6.07, 6.45) is 3.41. The summed E-state index contributed by atoms with van der Waals surface area (Å²) in [4.78, 5) is 15.2. The van der Waals surface area contributed by atoms with Gasteiger partial charge in [0.2, 0.25) is 0 Å². The zero-order chi connectivity index (χ0) is 25.1. The Morgan fingerprint density at radius 2 is 1.75 bits per heavy atom. The van der Waals surface area contributed by atoms with E-state index < -0.39 is 0 Å². The lowest BCUT2D eigenvalue weighted by molar-refractivity contribution is 0.104. The molecule has 4 nitrogen and oxygen atoms in total. The van der Waals surface area contributed by atoms with Crippen molar-refractivity contribution in [2.45, 2.75) is 23.3 Å². The van der Waals surface area contributed by atoms with Crippen LogP contribution in [0, 0.1) is 6.92 Å². The molecule has 1 aliphatic heterocycles. The number of para-hydroxylation sites is 1. The van der Waals surface area contributed by atoms with E-state index >= 15 is 0 Å². The Kier molecular flexibility index (Phi) is 7.03. The van der Waals surface area contributed by atoms with Gasteiger partial charge in [-0.25, -0.2) is 0 Å². The molecule has 0 bridgehead atoms. The molecule has 1 heterocycles. The molecule has 4 aromatic rings. The first-order valence-corrected chi connectivity index (χ1v) is 12.7. The maximum absolute atomic E-state index is 13.0. The van der Waals surface area contributed by atoms with E-state index in [9.17, 15) is 4.79 Å². The highest BCUT2D eigenvalue weighted by atomic mass is 35.5. The maximum Gasteiger partial charge on any atom is 0.185 e. The number of carbonyl (C=O) groups is 1. The summed E-state index contributed by atoms with van der Waals surface area (Å²) < 4.78 is 11.5. The lowest BCUT2D eigenvalue weighted by atomic mass is 10.1. The van der Waals surface area contributed by atoms with Crippen LogP contribution in [0.25, 0.3) is 6.08 Å². The van der Waals surface area contributed by atoms with Crippen LogP contribution in [0.4, 0.5) is 11.4 Å². The maximum atomic E-state index is 13.0. The van der Waals surface area contributed by atoms with Crippen LogP contribution in [0.5, 0.6) is 11.5 Å². The quantitative estimate of drug-likeness (QED) is 0.175. The predicted octanol–water partition coefficient (Wildman–Crippen LogP) is 8.34. The predicted molar refractivity (Wildman–Crippen MR) is 147 cm³/mol. The van der Waals surface area contributed by atoms with E-state index in [0.29, 0.717) is 17.2 Å². The van der Waals surface area contributed by atoms with Gasteiger partial charge in [-0.15, -0.1) is 0 Å². The number of hydrogen-bond acceptors (Lipinski definition) is 5. The number of hydrogen-bond donors (Lipinski definition) is 1. The highest BCUT2D eigenvalue weighted by Gasteiger charge is 2.16. The first-order valence-electron chi connectivity index (χ1n) is 11.5. The molecule has 0 radical (unpaired) electrons. The summed E-state index contributed by atoms with van der Waals surface area (Å²) in [5.41, 5.74) is 5.36. The van der Waals surface area contributed by atoms with Crippen LogP contribution >= 0.6 is 23.4 Å². The van der Waals surface area contributed by atoms with Crippen molar-refractivity contribution in [3.05, 3.63) is 112 Å². The van der Waals surface area contributed by atoms with Crippen molar-refractivity contribution in [2.24, 2.45) is 0 Å². The molecule has 0 saturated carbocycles. The average molecular weight is 514 g/mol. The van der Waals surface area contributed by atoms with Gasteiger partial charge in [-0.05, 0) is 84.8 Å². The number of benzene rings is 4. The van der Waals surface area contributed by atoms with Crippen LogP contribution in [-0.2, 0) is 6.61 Å². The van der Waals surface area contributed by atoms with E-state index in [1.54, 1.807) is 31.0 Å². The Hall–Kier alpha value is -3.67. The largest absolute Gasteiger partial charge is 0.496 e. The Morgan fingerprint density at radius 3 is 2.58 bits per heavy atom. The minimum Gasteiger partial charge on any atom is -0.496 e. The molecule has 0 unspecified atom stereocenters. The number of carbonyl (C=O) groups excluding carboxylic acids is 1. The van der Waals surface area contributed by atoms with Crippen LogP contribution in [0.2, 0.25) is 5.02 Å². The number of aryl methyl sites for hydroxylation is 1. The third-order valence-electron chi connectivity index (χ3n) is 5.89. The minimum absolute atomic E-state index is 0.0612. The summed E-state index contributed by atoms with van der Waals surface area (Å²) in [7, 11) is 1.63. The van der Waals surface area contributed by atoms with E-state index in [1.165, 1.54) is 4.90 Å². The average Bonchev–Trinajstić information content (AvgIpc) is 2.89. The molecule has 0 aliphatic carbocycles. The zero-order valence-electron chi connectivity index (χ0n) is 19.9. The van der Waals surface area contributed by atoms with Gasteiger partial charge >= 0.3 is 0 Å². The molecule has 0 atom stereocenters. The van der Waals surface area contributed by atoms with Crippen LogP contribution in [0.15, 0.2) is 94.7 Å². The molecule has 0 amide bonds. The fourth-order valence-corrected chi connectivity index (χ4v) is 5.20. The normalized spacial score (nSPS) is 12.0. The van der Waals surface area contributed by atoms with E-state index in [-0.39, 0.29) is 5.78 Å². The van der Waals surface area contributed by atoms with E-state index in [0.717, 1.165) is 44.5 Å². The molecular weight excluding hydrogens is 490 g/mol. The second-order valence-electron chi connectivity index (χ2n) is 8.40. The van der Waals surface area contributed by atoms with Crippen molar-refractivity contribution in [3.8, 4) is 11.5 Å². The summed E-state index contributed by atoms with van der Waals surface area (Å²) in [6.45, 7) is 2.29. The van der Waals surface area contributed by atoms with Crippen LogP contribution in [0.3, 0.4) is 0 Å². The van der Waals surface area contributed by atoms with Crippen molar-refractivity contribution >= 4 is 46.6 Å². The first kappa shape index (κ1) is 24.0. The molecule has 5 rings (SSSR count). The number of ketones is 1. The molecule has 1 N–H and O–H groups in total. The number of rotatable bonds is 7. The number of methoxy groups -OCH3 is 1. The first-order chi connectivity index (χ1) is 17.5. The Labute approximate surface area is 219 Å². The highest BCUT2D eigenvalue weighted by molar-refractivity contribution is 7.99. The molecular formula is C30H24ClNO3S. The van der Waals surface area contributed by atoms with Gasteiger partial charge in [0.05, 0.1) is 18.5 Å². The smallest absolute Gasteiger partial charge is 0.185 e. The summed E-state index contributed by atoms with van der Waals surface area (Å²) in [5.74, 6) is 1.43. The number of fused-ring (bicyclic) bond motifs is 2. The van der Waals surface area contributed by atoms with Crippen molar-refractivity contribution in [2.75, 3.05) is 12.4 Å². The summed E-state index contributed by atoms with van der Waals surface area (Å²) >= 11 is 7.75. The van der Waals surface area contributed by atoms with Crippen molar-refractivity contribution in [1.82, 2.24) is 0 Å². The zero-order valence-corrected chi connectivity index (χ0v) is 21.5. The second kappa shape index (κ2) is 10.5. The van der Waals surface area contributed by atoms with Gasteiger partial charge < -0.3 is 14.8 Å². The van der Waals surface area contributed by atoms with Gasteiger partial charge in [0.15, 0.2) is 5.78 Å². The summed E-state index contributed by atoms with van der Waals surface area (Å²) in [5, 5.41) is 4.11. The van der Waals surface area contributed by atoms with Gasteiger partial charge in [0.25, 0.3) is 0 Å². The van der Waals surface area contributed by atoms with E-state index in [1.807, 2.05) is 79.7 Å². The fraction of sp³-hybridized carbons (Fsp3) is 0.100. The Balaban J connectivity index is 1.31. The molecule has 4 aromatic carbocycles. The molecule has 0 aromatic heterocycles. The minimum atomic E-state index is -0.0612. The molecule has 0 saturated heterocycles. The van der Waals surface area contributed by atoms with Crippen molar-refractivity contribution in [3.63, 3.8) is 0 Å². The fourth-order valence-electron chi connectivity index (χ4n) is 4.01. The number of halogens is 1. The molecule has 36 heavy (non-hydrogen) atoms. The van der Waals surface area contributed by atoms with Crippen LogP contribution in [-0.4, -0.2) is 12.9 Å². The Bertz CT molecular complexity index is 1480. The van der Waals surface area contributed by atoms with Gasteiger partial charge in [0, 0.05) is 25.9 Å². The number of nitrogens with one attached hydrogen (secondary N) is 1. The molecule has 0 fully saturated rings. The monoisotopic (exact) mass is 513 g/mol. The third kappa shape index (κ3) is 5.27. The SMILES string of the molecule is COc1ccc(/C=C/C(=O)c2ccc3c(c2)Nc2ccccc2S3)cc1COc1ccc(Cl)cc1C. The molecule has 0 spiro atoms. The van der Waals surface area contributed by atoms with Crippen molar-refractivity contribution in [1.29, 1.82) is 0 Å². The van der Waals surface area contributed by atoms with Crippen LogP contribution < -0.4 is 14.8 Å². The van der Waals surface area contributed by atoms with E-state index in [2.05, 4.69) is 11.4 Å². The molecule has 180 valence electrons. The van der Waals surface area contributed by atoms with Crippen molar-refractivity contribution < 1.29 is 14.3 Å². The number of allylic oxidation sites excluding steroid dienone is 1. The van der Waals surface area contributed by atoms with Gasteiger partial charge in [-0.3, -0.25) is 4.79 Å². The second-order valence-corrected chi connectivity index (χ2v) is 9.92. The third-order valence-corrected chi connectivity index (χ3v) is 7.28. The standard InChI is InChI=1S/C30H24ClNO3S/c1-19-15-23(31)10-13-27(19)35-18-22-16-20(8-12-28(22)34-2)7-11-26(33)21-9-14-30-25(17-21)32-24-5-3-4-6-29(24)36-30/h3-17,32H,18H2,1-2H3/b11-7+. The Morgan fingerprint density at radius 1 is 0.944 bits per heavy atom. The lowest BCUT2D eigenvalue weighted by Crippen LogP contribution is -2.02. The van der Waals surface area contributed by atoms with Gasteiger partial charge in [-0.1, -0.05) is 47.6 Å². The van der Waals surface area contributed by atoms with Crippen LogP contribution in [0.1, 0.15) is 27.0 Å². The topological polar surface area (TPSA) is 47.6 Å². The number of ether oxygens (including phenoxy) is 2. The highest BCUT2D eigenvalue weighted by Crippen LogP contribution is 2.44. The van der Waals surface area contributed by atoms with Gasteiger partial charge in [0.1, 0.15) is 18.1 Å². The number of anilines is 2. The molecule has 1 aliphatic rings. The molecule has 6 heteroatoms. The van der Waals surface area contributed by atoms with E-state index in [4.69, 9.17) is 21.1 Å². The summed E-state index contributed by atoms with van der Waals surface area (Å²) in [6, 6.07) is 25.2. The van der Waals surface area contributed by atoms with Gasteiger partial charge in [-0.2, -0.15) is 0 Å². The lowest BCUT2D eigenvalue weighted by Gasteiger charge is -2.20.